The molecule has 0 N–H and O–H groups in total. The summed E-state index contributed by atoms with van der Waals surface area (Å²) in [5.74, 6) is -1.24. The van der Waals surface area contributed by atoms with Crippen molar-refractivity contribution in [2.75, 3.05) is 6.61 Å². The maximum atomic E-state index is 13.4. The van der Waals surface area contributed by atoms with Crippen molar-refractivity contribution in [3.8, 4) is 0 Å². The van der Waals surface area contributed by atoms with E-state index >= 15 is 0 Å². The molecule has 0 bridgehead atoms. The largest absolute Gasteiger partial charge is 0.464 e. The van der Waals surface area contributed by atoms with Gasteiger partial charge in [-0.1, -0.05) is 0 Å². The molecule has 0 aliphatic heterocycles. The minimum absolute atomic E-state index is 0.0493. The van der Waals surface area contributed by atoms with Crippen LogP contribution in [0.1, 0.15) is 32.6 Å². The number of Topliss-reactive ketones (excluding diaryl/α,β-unsaturated/α-hetero) is 1. The predicted molar refractivity (Wildman–Crippen MR) is 48.5 cm³/mol. The molecule has 1 aliphatic carbocycles. The van der Waals surface area contributed by atoms with Gasteiger partial charge < -0.3 is 4.74 Å². The van der Waals surface area contributed by atoms with Crippen LogP contribution < -0.4 is 0 Å². The number of carbonyl (C=O) groups excluding carboxylic acids is 2. The van der Waals surface area contributed by atoms with E-state index in [4.69, 9.17) is 0 Å². The van der Waals surface area contributed by atoms with Crippen molar-refractivity contribution >= 4 is 11.8 Å². The molecule has 4 heteroatoms. The zero-order valence-corrected chi connectivity index (χ0v) is 8.29. The third kappa shape index (κ3) is 2.79. The average molecular weight is 202 g/mol. The van der Waals surface area contributed by atoms with E-state index in [9.17, 15) is 14.0 Å². The van der Waals surface area contributed by atoms with E-state index in [0.717, 1.165) is 0 Å². The zero-order valence-electron chi connectivity index (χ0n) is 8.29. The first-order chi connectivity index (χ1) is 6.65. The number of ether oxygens (including phenoxy) is 1. The van der Waals surface area contributed by atoms with Crippen LogP contribution in [0.15, 0.2) is 0 Å². The molecule has 80 valence electrons. The smallest absolute Gasteiger partial charge is 0.341 e. The highest BCUT2D eigenvalue weighted by atomic mass is 19.1. The van der Waals surface area contributed by atoms with Crippen molar-refractivity contribution in [1.29, 1.82) is 0 Å². The summed E-state index contributed by atoms with van der Waals surface area (Å²) < 4.78 is 18.0. The van der Waals surface area contributed by atoms with Crippen molar-refractivity contribution in [3.63, 3.8) is 0 Å². The molecule has 2 atom stereocenters. The van der Waals surface area contributed by atoms with Gasteiger partial charge in [0.15, 0.2) is 6.17 Å². The number of ketones is 1. The van der Waals surface area contributed by atoms with Crippen LogP contribution in [-0.4, -0.2) is 24.5 Å². The number of hydrogen-bond donors (Lipinski definition) is 0. The molecule has 3 nitrogen and oxygen atoms in total. The Hall–Kier alpha value is -0.930. The van der Waals surface area contributed by atoms with E-state index in [0.29, 0.717) is 19.3 Å². The first-order valence-electron chi connectivity index (χ1n) is 4.97. The number of rotatable bonds is 3. The van der Waals surface area contributed by atoms with Crippen LogP contribution in [0.2, 0.25) is 0 Å². The maximum Gasteiger partial charge on any atom is 0.341 e. The van der Waals surface area contributed by atoms with Crippen LogP contribution in [0.5, 0.6) is 0 Å². The molecule has 1 rings (SSSR count). The highest BCUT2D eigenvalue weighted by Gasteiger charge is 2.32. The average Bonchev–Trinajstić information content (AvgIpc) is 2.17. The molecule has 0 heterocycles. The van der Waals surface area contributed by atoms with Gasteiger partial charge in [-0.05, 0) is 19.8 Å². The predicted octanol–water partition coefficient (Wildman–Crippen LogP) is 1.65. The molecular formula is C10H15FO3. The summed E-state index contributed by atoms with van der Waals surface area (Å²) in [6.07, 6.45) is 0.361. The molecule has 0 amide bonds. The standard InChI is InChI=1S/C10H15FO3/c1-2-14-10(13)9(11)7-4-3-5-8(12)6-7/h7,9H,2-6H2,1H3/t7-,9+/m0/s1. The van der Waals surface area contributed by atoms with Crippen molar-refractivity contribution < 1.29 is 18.7 Å². The fourth-order valence-electron chi connectivity index (χ4n) is 1.72. The van der Waals surface area contributed by atoms with Crippen LogP contribution in [-0.2, 0) is 14.3 Å². The molecule has 1 aliphatic rings. The van der Waals surface area contributed by atoms with E-state index < -0.39 is 18.1 Å². The summed E-state index contributed by atoms with van der Waals surface area (Å²) >= 11 is 0. The van der Waals surface area contributed by atoms with Gasteiger partial charge in [0.05, 0.1) is 6.61 Å². The Morgan fingerprint density at radius 1 is 1.71 bits per heavy atom. The summed E-state index contributed by atoms with van der Waals surface area (Å²) in [4.78, 5) is 22.1. The Kier molecular flexibility index (Phi) is 4.04. The summed E-state index contributed by atoms with van der Waals surface area (Å²) in [5.41, 5.74) is 0. The Bertz CT molecular complexity index is 227. The zero-order chi connectivity index (χ0) is 10.6. The summed E-state index contributed by atoms with van der Waals surface area (Å²) in [5, 5.41) is 0. The van der Waals surface area contributed by atoms with Gasteiger partial charge in [0.25, 0.3) is 0 Å². The first kappa shape index (κ1) is 11.1. The van der Waals surface area contributed by atoms with Crippen LogP contribution in [0.25, 0.3) is 0 Å². The van der Waals surface area contributed by atoms with Crippen molar-refractivity contribution in [1.82, 2.24) is 0 Å². The Balaban J connectivity index is 2.46. The molecule has 0 saturated heterocycles. The third-order valence-corrected chi connectivity index (χ3v) is 2.45. The minimum Gasteiger partial charge on any atom is -0.464 e. The highest BCUT2D eigenvalue weighted by Crippen LogP contribution is 2.26. The fraction of sp³-hybridized carbons (Fsp3) is 0.800. The van der Waals surface area contributed by atoms with E-state index in [1.165, 1.54) is 0 Å². The Morgan fingerprint density at radius 3 is 3.00 bits per heavy atom. The molecule has 0 aromatic carbocycles. The summed E-state index contributed by atoms with van der Waals surface area (Å²) in [6, 6.07) is 0. The maximum absolute atomic E-state index is 13.4. The van der Waals surface area contributed by atoms with Gasteiger partial charge in [0.2, 0.25) is 0 Å². The number of carbonyl (C=O) groups is 2. The number of alkyl halides is 1. The van der Waals surface area contributed by atoms with Gasteiger partial charge >= 0.3 is 5.97 Å². The van der Waals surface area contributed by atoms with Gasteiger partial charge in [0.1, 0.15) is 5.78 Å². The first-order valence-corrected chi connectivity index (χ1v) is 4.97. The van der Waals surface area contributed by atoms with Crippen LogP contribution in [0.4, 0.5) is 4.39 Å². The Morgan fingerprint density at radius 2 is 2.43 bits per heavy atom. The van der Waals surface area contributed by atoms with E-state index in [-0.39, 0.29) is 18.8 Å². The molecule has 0 aromatic rings. The quantitative estimate of drug-likeness (QED) is 0.653. The Labute approximate surface area is 82.6 Å². The SMILES string of the molecule is CCOC(=O)[C@H](F)[C@H]1CCCC(=O)C1. The monoisotopic (exact) mass is 202 g/mol. The van der Waals surface area contributed by atoms with Gasteiger partial charge in [-0.3, -0.25) is 4.79 Å². The molecule has 1 saturated carbocycles. The lowest BCUT2D eigenvalue weighted by molar-refractivity contribution is -0.152. The van der Waals surface area contributed by atoms with Crippen molar-refractivity contribution in [2.45, 2.75) is 38.8 Å². The molecule has 0 aromatic heterocycles. The normalized spacial score (nSPS) is 24.4. The molecule has 0 radical (unpaired) electrons. The summed E-state index contributed by atoms with van der Waals surface area (Å²) in [6.45, 7) is 1.82. The second-order valence-electron chi connectivity index (χ2n) is 3.55. The minimum atomic E-state index is -1.63. The molecule has 1 fully saturated rings. The second-order valence-corrected chi connectivity index (χ2v) is 3.55. The van der Waals surface area contributed by atoms with Gasteiger partial charge in [-0.2, -0.15) is 0 Å². The van der Waals surface area contributed by atoms with E-state index in [1.807, 2.05) is 0 Å². The lowest BCUT2D eigenvalue weighted by Crippen LogP contribution is -2.31. The van der Waals surface area contributed by atoms with Crippen molar-refractivity contribution in [2.24, 2.45) is 5.92 Å². The van der Waals surface area contributed by atoms with Crippen LogP contribution in [0, 0.1) is 5.92 Å². The lowest BCUT2D eigenvalue weighted by atomic mass is 9.85. The van der Waals surface area contributed by atoms with Gasteiger partial charge in [0, 0.05) is 18.8 Å². The molecule has 0 unspecified atom stereocenters. The highest BCUT2D eigenvalue weighted by molar-refractivity contribution is 5.81. The molecular weight excluding hydrogens is 187 g/mol. The second kappa shape index (κ2) is 5.08. The van der Waals surface area contributed by atoms with Crippen LogP contribution >= 0.6 is 0 Å². The van der Waals surface area contributed by atoms with Crippen LogP contribution in [0.3, 0.4) is 0 Å². The molecule has 0 spiro atoms. The third-order valence-electron chi connectivity index (χ3n) is 2.45. The summed E-state index contributed by atoms with van der Waals surface area (Å²) in [7, 11) is 0. The van der Waals surface area contributed by atoms with Crippen molar-refractivity contribution in [3.05, 3.63) is 0 Å². The fourth-order valence-corrected chi connectivity index (χ4v) is 1.72. The number of halogens is 1. The molecule has 14 heavy (non-hydrogen) atoms. The topological polar surface area (TPSA) is 43.4 Å². The number of hydrogen-bond acceptors (Lipinski definition) is 3. The van der Waals surface area contributed by atoms with Gasteiger partial charge in [-0.25, -0.2) is 9.18 Å². The number of esters is 1. The van der Waals surface area contributed by atoms with E-state index in [1.54, 1.807) is 6.92 Å². The lowest BCUT2D eigenvalue weighted by Gasteiger charge is -2.22. The van der Waals surface area contributed by atoms with E-state index in [2.05, 4.69) is 4.74 Å². The van der Waals surface area contributed by atoms with Gasteiger partial charge in [-0.15, -0.1) is 0 Å².